The second kappa shape index (κ2) is 5.87. The van der Waals surface area contributed by atoms with Crippen LogP contribution in [0.4, 0.5) is 0 Å². The molecule has 2 atom stereocenters. The predicted octanol–water partition coefficient (Wildman–Crippen LogP) is 0.766. The highest BCUT2D eigenvalue weighted by Crippen LogP contribution is 2.40. The lowest BCUT2D eigenvalue weighted by molar-refractivity contribution is -0.0898. The van der Waals surface area contributed by atoms with Crippen LogP contribution in [-0.4, -0.2) is 67.8 Å². The van der Waals surface area contributed by atoms with Crippen molar-refractivity contribution in [1.82, 2.24) is 9.80 Å². The average Bonchev–Trinajstić information content (AvgIpc) is 2.41. The summed E-state index contributed by atoms with van der Waals surface area (Å²) in [6.45, 7) is 10.8. The molecule has 0 aromatic heterocycles. The molecular formula is C14H29N3O. The van der Waals surface area contributed by atoms with Crippen LogP contribution in [0.3, 0.4) is 0 Å². The summed E-state index contributed by atoms with van der Waals surface area (Å²) in [5, 5.41) is 0. The lowest BCUT2D eigenvalue weighted by Crippen LogP contribution is -2.71. The fourth-order valence-corrected chi connectivity index (χ4v) is 4.22. The zero-order valence-corrected chi connectivity index (χ0v) is 12.2. The quantitative estimate of drug-likeness (QED) is 0.761. The number of fused-ring (bicyclic) bond motifs is 3. The fourth-order valence-electron chi connectivity index (χ4n) is 4.22. The molecule has 0 aliphatic carbocycles. The van der Waals surface area contributed by atoms with Crippen LogP contribution in [0, 0.1) is 5.92 Å². The summed E-state index contributed by atoms with van der Waals surface area (Å²) in [5.41, 5.74) is 6.41. The minimum atomic E-state index is 0.184. The smallest absolute Gasteiger partial charge is 0.0615 e. The molecular weight excluding hydrogens is 226 g/mol. The van der Waals surface area contributed by atoms with E-state index < -0.39 is 0 Å². The minimum Gasteiger partial charge on any atom is -0.383 e. The van der Waals surface area contributed by atoms with Crippen molar-refractivity contribution in [1.29, 1.82) is 0 Å². The first-order valence-corrected chi connectivity index (χ1v) is 7.36. The molecule has 0 aromatic rings. The van der Waals surface area contributed by atoms with Crippen molar-refractivity contribution in [3.63, 3.8) is 0 Å². The predicted molar refractivity (Wildman–Crippen MR) is 74.7 cm³/mol. The number of rotatable bonds is 6. The number of methoxy groups -OCH3 is 1. The maximum atomic E-state index is 6.23. The first-order valence-electron chi connectivity index (χ1n) is 7.36. The number of ether oxygens (including phenoxy) is 1. The van der Waals surface area contributed by atoms with Gasteiger partial charge < -0.3 is 15.4 Å². The molecule has 2 N–H and O–H groups in total. The molecule has 2 unspecified atom stereocenters. The van der Waals surface area contributed by atoms with Crippen molar-refractivity contribution < 1.29 is 4.74 Å². The van der Waals surface area contributed by atoms with E-state index in [1.54, 1.807) is 7.11 Å². The van der Waals surface area contributed by atoms with E-state index in [4.69, 9.17) is 10.5 Å². The third kappa shape index (κ3) is 2.31. The van der Waals surface area contributed by atoms with Crippen molar-refractivity contribution in [3.8, 4) is 0 Å². The van der Waals surface area contributed by atoms with Gasteiger partial charge in [-0.25, -0.2) is 0 Å². The van der Waals surface area contributed by atoms with Gasteiger partial charge in [0, 0.05) is 31.8 Å². The van der Waals surface area contributed by atoms with Crippen molar-refractivity contribution in [2.75, 3.05) is 46.4 Å². The monoisotopic (exact) mass is 255 g/mol. The van der Waals surface area contributed by atoms with Crippen LogP contribution in [-0.2, 0) is 4.74 Å². The van der Waals surface area contributed by atoms with E-state index in [0.29, 0.717) is 6.04 Å². The Morgan fingerprint density at radius 1 is 1.44 bits per heavy atom. The summed E-state index contributed by atoms with van der Waals surface area (Å²) < 4.78 is 5.35. The number of piperidine rings is 3. The van der Waals surface area contributed by atoms with Gasteiger partial charge in [0.15, 0.2) is 0 Å². The average molecular weight is 255 g/mol. The Kier molecular flexibility index (Phi) is 4.64. The van der Waals surface area contributed by atoms with Gasteiger partial charge in [0.1, 0.15) is 0 Å². The highest BCUT2D eigenvalue weighted by atomic mass is 16.5. The van der Waals surface area contributed by atoms with Gasteiger partial charge in [0.25, 0.3) is 0 Å². The fraction of sp³-hybridized carbons (Fsp3) is 1.00. The molecule has 3 rings (SSSR count). The summed E-state index contributed by atoms with van der Waals surface area (Å²) in [6.07, 6.45) is 2.63. The van der Waals surface area contributed by atoms with Gasteiger partial charge in [-0.1, -0.05) is 6.92 Å². The van der Waals surface area contributed by atoms with Crippen molar-refractivity contribution in [3.05, 3.63) is 0 Å². The molecule has 0 amide bonds. The molecule has 0 aromatic carbocycles. The Morgan fingerprint density at radius 3 is 2.50 bits per heavy atom. The summed E-state index contributed by atoms with van der Waals surface area (Å²) in [6, 6.07) is 0.448. The molecule has 4 heteroatoms. The molecule has 3 heterocycles. The first-order chi connectivity index (χ1) is 8.67. The van der Waals surface area contributed by atoms with Crippen molar-refractivity contribution in [2.24, 2.45) is 11.7 Å². The molecule has 3 saturated heterocycles. The van der Waals surface area contributed by atoms with E-state index in [2.05, 4.69) is 23.6 Å². The van der Waals surface area contributed by atoms with Crippen molar-refractivity contribution >= 4 is 0 Å². The van der Waals surface area contributed by atoms with E-state index in [-0.39, 0.29) is 5.54 Å². The number of nitrogens with zero attached hydrogens (tertiary/aromatic N) is 2. The highest BCUT2D eigenvalue weighted by Gasteiger charge is 2.50. The third-order valence-electron chi connectivity index (χ3n) is 5.05. The zero-order chi connectivity index (χ0) is 13.2. The molecule has 0 spiro atoms. The summed E-state index contributed by atoms with van der Waals surface area (Å²) in [4.78, 5) is 5.20. The van der Waals surface area contributed by atoms with Gasteiger partial charge >= 0.3 is 0 Å². The standard InChI is InChI=1S/C14H29N3O/c1-4-17(12(2)9-18-3)14(10-15)11-16-7-5-13(14)6-8-16/h12-13H,4-11,15H2,1-3H3. The number of nitrogens with two attached hydrogens (primary N) is 1. The Bertz CT molecular complexity index is 266. The Balaban J connectivity index is 2.19. The number of likely N-dealkylation sites (N-methyl/N-ethyl adjacent to an activating group) is 1. The van der Waals surface area contributed by atoms with Crippen LogP contribution in [0.25, 0.3) is 0 Å². The van der Waals surface area contributed by atoms with Gasteiger partial charge in [-0.2, -0.15) is 0 Å². The topological polar surface area (TPSA) is 41.7 Å². The van der Waals surface area contributed by atoms with E-state index in [9.17, 15) is 0 Å². The lowest BCUT2D eigenvalue weighted by atomic mass is 9.71. The third-order valence-corrected chi connectivity index (χ3v) is 5.05. The largest absolute Gasteiger partial charge is 0.383 e. The maximum absolute atomic E-state index is 6.23. The van der Waals surface area contributed by atoms with Crippen LogP contribution in [0.5, 0.6) is 0 Å². The molecule has 3 aliphatic heterocycles. The van der Waals surface area contributed by atoms with Gasteiger partial charge in [-0.15, -0.1) is 0 Å². The van der Waals surface area contributed by atoms with Crippen LogP contribution in [0.2, 0.25) is 0 Å². The second-order valence-electron chi connectivity index (χ2n) is 5.95. The molecule has 0 radical (unpaired) electrons. The van der Waals surface area contributed by atoms with Gasteiger partial charge in [-0.3, -0.25) is 4.90 Å². The summed E-state index contributed by atoms with van der Waals surface area (Å²) in [7, 11) is 1.79. The number of hydrogen-bond donors (Lipinski definition) is 1. The van der Waals surface area contributed by atoms with E-state index in [1.165, 1.54) is 25.9 Å². The van der Waals surface area contributed by atoms with E-state index >= 15 is 0 Å². The molecule has 18 heavy (non-hydrogen) atoms. The molecule has 0 saturated carbocycles. The Hall–Kier alpha value is -0.160. The Morgan fingerprint density at radius 2 is 2.11 bits per heavy atom. The SMILES string of the molecule is CCN(C(C)COC)C1(CN)CN2CCC1CC2. The molecule has 3 fully saturated rings. The zero-order valence-electron chi connectivity index (χ0n) is 12.2. The van der Waals surface area contributed by atoms with Gasteiger partial charge in [0.05, 0.1) is 6.61 Å². The minimum absolute atomic E-state index is 0.184. The van der Waals surface area contributed by atoms with Gasteiger partial charge in [-0.05, 0) is 45.3 Å². The summed E-state index contributed by atoms with van der Waals surface area (Å²) >= 11 is 0. The van der Waals surface area contributed by atoms with Gasteiger partial charge in [0.2, 0.25) is 0 Å². The van der Waals surface area contributed by atoms with Crippen molar-refractivity contribution in [2.45, 2.75) is 38.3 Å². The Labute approximate surface area is 111 Å². The molecule has 2 bridgehead atoms. The van der Waals surface area contributed by atoms with Crippen LogP contribution in [0.1, 0.15) is 26.7 Å². The lowest BCUT2D eigenvalue weighted by Gasteiger charge is -2.59. The molecule has 106 valence electrons. The number of hydrogen-bond acceptors (Lipinski definition) is 4. The van der Waals surface area contributed by atoms with Crippen LogP contribution >= 0.6 is 0 Å². The molecule has 4 nitrogen and oxygen atoms in total. The normalized spacial score (nSPS) is 37.2. The summed E-state index contributed by atoms with van der Waals surface area (Å²) in [5.74, 6) is 0.770. The van der Waals surface area contributed by atoms with Crippen LogP contribution in [0.15, 0.2) is 0 Å². The highest BCUT2D eigenvalue weighted by molar-refractivity contribution is 5.07. The van der Waals surface area contributed by atoms with Crippen LogP contribution < -0.4 is 5.73 Å². The van der Waals surface area contributed by atoms with E-state index in [1.807, 2.05) is 0 Å². The first kappa shape index (κ1) is 14.3. The maximum Gasteiger partial charge on any atom is 0.0615 e. The van der Waals surface area contributed by atoms with E-state index in [0.717, 1.165) is 32.2 Å². The second-order valence-corrected chi connectivity index (χ2v) is 5.95. The molecule has 3 aliphatic rings.